The molecule has 0 aromatic carbocycles. The van der Waals surface area contributed by atoms with Crippen LogP contribution < -0.4 is 5.73 Å². The largest absolute Gasteiger partial charge is 0.393 e. The molecular weight excluding hydrogens is 234 g/mol. The fraction of sp³-hybridized carbons (Fsp3) is 0.917. The van der Waals surface area contributed by atoms with Gasteiger partial charge in [-0.15, -0.1) is 0 Å². The van der Waals surface area contributed by atoms with E-state index in [1.807, 2.05) is 0 Å². The minimum Gasteiger partial charge on any atom is -0.393 e. The van der Waals surface area contributed by atoms with E-state index in [1.165, 1.54) is 6.42 Å². The Labute approximate surface area is 109 Å². The Morgan fingerprint density at radius 3 is 2.94 bits per heavy atom. The molecule has 2 N–H and O–H groups in total. The molecule has 4 nitrogen and oxygen atoms in total. The zero-order valence-electron chi connectivity index (χ0n) is 10.6. The van der Waals surface area contributed by atoms with Gasteiger partial charge in [-0.25, -0.2) is 0 Å². The molecule has 0 aromatic heterocycles. The molecular formula is C12H23N3OS. The van der Waals surface area contributed by atoms with Crippen molar-refractivity contribution in [2.24, 2.45) is 11.7 Å². The standard InChI is InChI=1S/C12H23N3OS/c1-14-5-6-16-11(8-14)9-15-4-2-3-10(7-15)12(13)17/h10-11H,2-9H2,1H3,(H2,13,17). The molecule has 2 atom stereocenters. The van der Waals surface area contributed by atoms with Gasteiger partial charge in [0.2, 0.25) is 0 Å². The van der Waals surface area contributed by atoms with Gasteiger partial charge in [0.05, 0.1) is 17.7 Å². The highest BCUT2D eigenvalue weighted by Gasteiger charge is 2.26. The number of nitrogens with zero attached hydrogens (tertiary/aromatic N) is 2. The summed E-state index contributed by atoms with van der Waals surface area (Å²) in [5.41, 5.74) is 5.75. The predicted octanol–water partition coefficient (Wildman–Crippen LogP) is 0.315. The van der Waals surface area contributed by atoms with E-state index in [4.69, 9.17) is 22.7 Å². The molecule has 0 radical (unpaired) electrons. The van der Waals surface area contributed by atoms with Crippen molar-refractivity contribution >= 4 is 17.2 Å². The van der Waals surface area contributed by atoms with Crippen LogP contribution in [0.4, 0.5) is 0 Å². The van der Waals surface area contributed by atoms with E-state index in [0.29, 0.717) is 17.0 Å². The third-order valence-electron chi connectivity index (χ3n) is 3.71. The highest BCUT2D eigenvalue weighted by atomic mass is 32.1. The molecule has 2 rings (SSSR count). The molecule has 2 saturated heterocycles. The van der Waals surface area contributed by atoms with Crippen molar-refractivity contribution < 1.29 is 4.74 Å². The molecule has 0 aliphatic carbocycles. The summed E-state index contributed by atoms with van der Waals surface area (Å²) in [4.78, 5) is 5.47. The van der Waals surface area contributed by atoms with E-state index < -0.39 is 0 Å². The molecule has 2 unspecified atom stereocenters. The highest BCUT2D eigenvalue weighted by Crippen LogP contribution is 2.18. The number of piperidine rings is 1. The smallest absolute Gasteiger partial charge is 0.0829 e. The number of thiocarbonyl (C=S) groups is 1. The quantitative estimate of drug-likeness (QED) is 0.737. The van der Waals surface area contributed by atoms with Crippen molar-refractivity contribution in [3.63, 3.8) is 0 Å². The Bertz CT molecular complexity index is 274. The minimum atomic E-state index is 0.346. The topological polar surface area (TPSA) is 41.7 Å². The molecule has 0 aromatic rings. The maximum absolute atomic E-state index is 5.80. The van der Waals surface area contributed by atoms with Crippen LogP contribution in [0.15, 0.2) is 0 Å². The summed E-state index contributed by atoms with van der Waals surface area (Å²) in [5.74, 6) is 0.403. The summed E-state index contributed by atoms with van der Waals surface area (Å²) in [6, 6.07) is 0. The van der Waals surface area contributed by atoms with Crippen molar-refractivity contribution in [1.82, 2.24) is 9.80 Å². The van der Waals surface area contributed by atoms with Crippen LogP contribution in [0.1, 0.15) is 12.8 Å². The van der Waals surface area contributed by atoms with Gasteiger partial charge in [-0.1, -0.05) is 12.2 Å². The molecule has 0 amide bonds. The van der Waals surface area contributed by atoms with Crippen LogP contribution >= 0.6 is 12.2 Å². The first-order chi connectivity index (χ1) is 8.15. The van der Waals surface area contributed by atoms with Crippen LogP contribution in [0.3, 0.4) is 0 Å². The maximum atomic E-state index is 5.80. The van der Waals surface area contributed by atoms with Gasteiger partial charge < -0.3 is 20.3 Å². The number of hydrogen-bond donors (Lipinski definition) is 1. The number of nitrogens with two attached hydrogens (primary N) is 1. The molecule has 0 bridgehead atoms. The normalized spacial score (nSPS) is 32.5. The summed E-state index contributed by atoms with van der Waals surface area (Å²) in [7, 11) is 2.16. The van der Waals surface area contributed by atoms with Crippen LogP contribution in [0.5, 0.6) is 0 Å². The first kappa shape index (κ1) is 13.2. The van der Waals surface area contributed by atoms with Gasteiger partial charge in [-0.2, -0.15) is 0 Å². The van der Waals surface area contributed by atoms with E-state index in [2.05, 4.69) is 16.8 Å². The number of rotatable bonds is 3. The van der Waals surface area contributed by atoms with Crippen molar-refractivity contribution in [1.29, 1.82) is 0 Å². The molecule has 0 saturated carbocycles. The van der Waals surface area contributed by atoms with E-state index in [9.17, 15) is 0 Å². The first-order valence-electron chi connectivity index (χ1n) is 6.47. The second kappa shape index (κ2) is 6.09. The van der Waals surface area contributed by atoms with Crippen LogP contribution in [0.2, 0.25) is 0 Å². The van der Waals surface area contributed by atoms with Crippen molar-refractivity contribution in [2.75, 3.05) is 46.4 Å². The minimum absolute atomic E-state index is 0.346. The average molecular weight is 257 g/mol. The van der Waals surface area contributed by atoms with Gasteiger partial charge in [0, 0.05) is 32.1 Å². The Morgan fingerprint density at radius 2 is 2.24 bits per heavy atom. The second-order valence-corrected chi connectivity index (χ2v) is 5.73. The van der Waals surface area contributed by atoms with Gasteiger partial charge in [-0.3, -0.25) is 0 Å². The Kier molecular flexibility index (Phi) is 4.73. The molecule has 2 aliphatic rings. The maximum Gasteiger partial charge on any atom is 0.0829 e. The molecule has 2 aliphatic heterocycles. The lowest BCUT2D eigenvalue weighted by Gasteiger charge is -2.37. The number of likely N-dealkylation sites (N-methyl/N-ethyl adjacent to an activating group) is 1. The number of likely N-dealkylation sites (tertiary alicyclic amines) is 1. The lowest BCUT2D eigenvalue weighted by molar-refractivity contribution is -0.0388. The fourth-order valence-electron chi connectivity index (χ4n) is 2.72. The Balaban J connectivity index is 1.79. The number of morpholine rings is 1. The van der Waals surface area contributed by atoms with Gasteiger partial charge in [0.25, 0.3) is 0 Å². The lowest BCUT2D eigenvalue weighted by Crippen LogP contribution is -2.49. The molecule has 17 heavy (non-hydrogen) atoms. The summed E-state index contributed by atoms with van der Waals surface area (Å²) in [5, 5.41) is 0. The summed E-state index contributed by atoms with van der Waals surface area (Å²) in [6.07, 6.45) is 2.70. The molecule has 2 heterocycles. The Hall–Kier alpha value is -0.230. The van der Waals surface area contributed by atoms with E-state index >= 15 is 0 Å². The fourth-order valence-corrected chi connectivity index (χ4v) is 2.91. The zero-order chi connectivity index (χ0) is 12.3. The van der Waals surface area contributed by atoms with E-state index in [0.717, 1.165) is 45.8 Å². The SMILES string of the molecule is CN1CCOC(CN2CCCC(C(N)=S)C2)C1. The third kappa shape index (κ3) is 3.88. The summed E-state index contributed by atoms with van der Waals surface area (Å²) in [6.45, 7) is 6.12. The third-order valence-corrected chi connectivity index (χ3v) is 4.04. The predicted molar refractivity (Wildman–Crippen MR) is 73.2 cm³/mol. The molecule has 5 heteroatoms. The van der Waals surface area contributed by atoms with Gasteiger partial charge in [0.1, 0.15) is 0 Å². The Morgan fingerprint density at radius 1 is 1.41 bits per heavy atom. The van der Waals surface area contributed by atoms with Crippen molar-refractivity contribution in [2.45, 2.75) is 18.9 Å². The summed E-state index contributed by atoms with van der Waals surface area (Å²) < 4.78 is 5.80. The van der Waals surface area contributed by atoms with Gasteiger partial charge >= 0.3 is 0 Å². The van der Waals surface area contributed by atoms with E-state index in [-0.39, 0.29) is 0 Å². The average Bonchev–Trinajstić information content (AvgIpc) is 2.29. The van der Waals surface area contributed by atoms with Crippen LogP contribution in [0, 0.1) is 5.92 Å². The molecule has 2 fully saturated rings. The number of ether oxygens (including phenoxy) is 1. The summed E-state index contributed by atoms with van der Waals surface area (Å²) >= 11 is 5.10. The van der Waals surface area contributed by atoms with Crippen LogP contribution in [0.25, 0.3) is 0 Å². The highest BCUT2D eigenvalue weighted by molar-refractivity contribution is 7.80. The monoisotopic (exact) mass is 257 g/mol. The lowest BCUT2D eigenvalue weighted by atomic mass is 9.98. The van der Waals surface area contributed by atoms with Crippen LogP contribution in [-0.4, -0.2) is 67.3 Å². The van der Waals surface area contributed by atoms with E-state index in [1.54, 1.807) is 0 Å². The van der Waals surface area contributed by atoms with Crippen molar-refractivity contribution in [3.05, 3.63) is 0 Å². The van der Waals surface area contributed by atoms with Crippen LogP contribution in [-0.2, 0) is 4.74 Å². The second-order valence-electron chi connectivity index (χ2n) is 5.26. The molecule has 98 valence electrons. The zero-order valence-corrected chi connectivity index (χ0v) is 11.4. The van der Waals surface area contributed by atoms with Crippen molar-refractivity contribution in [3.8, 4) is 0 Å². The first-order valence-corrected chi connectivity index (χ1v) is 6.88. The number of hydrogen-bond acceptors (Lipinski definition) is 4. The van der Waals surface area contributed by atoms with Gasteiger partial charge in [-0.05, 0) is 26.4 Å². The van der Waals surface area contributed by atoms with Gasteiger partial charge in [0.15, 0.2) is 0 Å². The molecule has 0 spiro atoms.